The summed E-state index contributed by atoms with van der Waals surface area (Å²) < 4.78 is 7.83. The highest BCUT2D eigenvalue weighted by Gasteiger charge is 2.40. The van der Waals surface area contributed by atoms with E-state index in [4.69, 9.17) is 9.84 Å². The first-order valence-electron chi connectivity index (χ1n) is 6.93. The van der Waals surface area contributed by atoms with Gasteiger partial charge in [-0.15, -0.1) is 5.10 Å². The molecule has 0 bridgehead atoms. The van der Waals surface area contributed by atoms with Crippen LogP contribution in [0.5, 0.6) is 0 Å². The van der Waals surface area contributed by atoms with Crippen LogP contribution in [-0.2, 0) is 16.0 Å². The fourth-order valence-electron chi connectivity index (χ4n) is 3.32. The molecule has 6 nitrogen and oxygen atoms in total. The maximum atomic E-state index is 10.7. The van der Waals surface area contributed by atoms with Crippen molar-refractivity contribution < 1.29 is 14.6 Å². The molecule has 1 saturated heterocycles. The van der Waals surface area contributed by atoms with Gasteiger partial charge in [0, 0.05) is 12.8 Å². The number of ether oxygens (including phenoxy) is 1. The SMILES string of the molecule is O=C(O)Cc1cn(C2CCOC3(CCCC3)C2)nn1. The van der Waals surface area contributed by atoms with E-state index in [1.165, 1.54) is 12.8 Å². The molecule has 1 unspecified atom stereocenters. The summed E-state index contributed by atoms with van der Waals surface area (Å²) in [6.07, 6.45) is 8.38. The highest BCUT2D eigenvalue weighted by atomic mass is 16.5. The molecule has 2 heterocycles. The molecular weight excluding hydrogens is 246 g/mol. The van der Waals surface area contributed by atoms with Gasteiger partial charge in [0.2, 0.25) is 0 Å². The van der Waals surface area contributed by atoms with Crippen LogP contribution >= 0.6 is 0 Å². The topological polar surface area (TPSA) is 77.2 Å². The summed E-state index contributed by atoms with van der Waals surface area (Å²) >= 11 is 0. The fourth-order valence-corrected chi connectivity index (χ4v) is 3.32. The second-order valence-corrected chi connectivity index (χ2v) is 5.65. The van der Waals surface area contributed by atoms with Crippen molar-refractivity contribution in [1.82, 2.24) is 15.0 Å². The zero-order valence-electron chi connectivity index (χ0n) is 10.9. The lowest BCUT2D eigenvalue weighted by atomic mass is 9.89. The highest BCUT2D eigenvalue weighted by Crippen LogP contribution is 2.43. The number of hydrogen-bond acceptors (Lipinski definition) is 4. The minimum absolute atomic E-state index is 0.0435. The van der Waals surface area contributed by atoms with Crippen molar-refractivity contribution in [3.05, 3.63) is 11.9 Å². The van der Waals surface area contributed by atoms with E-state index in [9.17, 15) is 4.79 Å². The Kier molecular flexibility index (Phi) is 3.26. The number of carboxylic acid groups (broad SMARTS) is 1. The Morgan fingerprint density at radius 2 is 2.32 bits per heavy atom. The highest BCUT2D eigenvalue weighted by molar-refractivity contribution is 5.69. The minimum Gasteiger partial charge on any atom is -0.481 e. The second-order valence-electron chi connectivity index (χ2n) is 5.65. The Balaban J connectivity index is 1.71. The van der Waals surface area contributed by atoms with Crippen molar-refractivity contribution in [2.24, 2.45) is 0 Å². The van der Waals surface area contributed by atoms with Crippen molar-refractivity contribution in [1.29, 1.82) is 0 Å². The maximum Gasteiger partial charge on any atom is 0.309 e. The van der Waals surface area contributed by atoms with Gasteiger partial charge in [0.25, 0.3) is 0 Å². The Bertz CT molecular complexity index is 465. The molecule has 1 atom stereocenters. The molecule has 1 saturated carbocycles. The summed E-state index contributed by atoms with van der Waals surface area (Å²) in [5.74, 6) is -0.869. The van der Waals surface area contributed by atoms with Gasteiger partial charge < -0.3 is 9.84 Å². The van der Waals surface area contributed by atoms with Crippen molar-refractivity contribution in [3.8, 4) is 0 Å². The molecular formula is C13H19N3O3. The summed E-state index contributed by atoms with van der Waals surface area (Å²) in [6, 6.07) is 0.293. The van der Waals surface area contributed by atoms with Crippen LogP contribution in [0.15, 0.2) is 6.20 Å². The number of aromatic nitrogens is 3. The number of aliphatic carboxylic acids is 1. The first kappa shape index (κ1) is 12.6. The van der Waals surface area contributed by atoms with Crippen molar-refractivity contribution in [3.63, 3.8) is 0 Å². The molecule has 2 fully saturated rings. The summed E-state index contributed by atoms with van der Waals surface area (Å²) in [7, 11) is 0. The molecule has 2 aliphatic rings. The monoisotopic (exact) mass is 265 g/mol. The van der Waals surface area contributed by atoms with Crippen LogP contribution < -0.4 is 0 Å². The average Bonchev–Trinajstić information content (AvgIpc) is 2.99. The third kappa shape index (κ3) is 2.63. The van der Waals surface area contributed by atoms with Gasteiger partial charge in [-0.2, -0.15) is 0 Å². The third-order valence-electron chi connectivity index (χ3n) is 4.25. The van der Waals surface area contributed by atoms with Crippen LogP contribution in [0.3, 0.4) is 0 Å². The normalized spacial score (nSPS) is 25.8. The van der Waals surface area contributed by atoms with Crippen molar-refractivity contribution in [2.45, 2.75) is 56.6 Å². The lowest BCUT2D eigenvalue weighted by Gasteiger charge is -2.38. The number of carboxylic acids is 1. The lowest BCUT2D eigenvalue weighted by molar-refractivity contribution is -0.136. The summed E-state index contributed by atoms with van der Waals surface area (Å²) in [5.41, 5.74) is 0.571. The predicted molar refractivity (Wildman–Crippen MR) is 66.8 cm³/mol. The average molecular weight is 265 g/mol. The Morgan fingerprint density at radius 3 is 3.05 bits per heavy atom. The van der Waals surface area contributed by atoms with E-state index in [2.05, 4.69) is 10.3 Å². The summed E-state index contributed by atoms with van der Waals surface area (Å²) in [5, 5.41) is 16.8. The van der Waals surface area contributed by atoms with E-state index in [0.29, 0.717) is 11.7 Å². The van der Waals surface area contributed by atoms with Gasteiger partial charge in [-0.25, -0.2) is 4.68 Å². The van der Waals surface area contributed by atoms with Gasteiger partial charge >= 0.3 is 5.97 Å². The standard InChI is InChI=1S/C13H19N3O3/c17-12(18)7-10-9-16(15-14-10)11-3-6-19-13(8-11)4-1-2-5-13/h9,11H,1-8H2,(H,17,18). The molecule has 1 aliphatic carbocycles. The summed E-state index contributed by atoms with van der Waals surface area (Å²) in [4.78, 5) is 10.7. The van der Waals surface area contributed by atoms with E-state index < -0.39 is 5.97 Å². The molecule has 1 N–H and O–H groups in total. The number of carbonyl (C=O) groups is 1. The quantitative estimate of drug-likeness (QED) is 0.897. The van der Waals surface area contributed by atoms with E-state index >= 15 is 0 Å². The predicted octanol–water partition coefficient (Wildman–Crippen LogP) is 1.57. The van der Waals surface area contributed by atoms with E-state index in [0.717, 1.165) is 32.3 Å². The number of hydrogen-bond donors (Lipinski definition) is 1. The van der Waals surface area contributed by atoms with Gasteiger partial charge in [-0.1, -0.05) is 18.1 Å². The lowest BCUT2D eigenvalue weighted by Crippen LogP contribution is -2.38. The Morgan fingerprint density at radius 1 is 1.53 bits per heavy atom. The molecule has 1 aliphatic heterocycles. The molecule has 104 valence electrons. The maximum absolute atomic E-state index is 10.7. The summed E-state index contributed by atoms with van der Waals surface area (Å²) in [6.45, 7) is 0.763. The molecule has 1 aromatic heterocycles. The molecule has 0 aromatic carbocycles. The van der Waals surface area contributed by atoms with Gasteiger partial charge in [-0.3, -0.25) is 4.79 Å². The molecule has 19 heavy (non-hydrogen) atoms. The smallest absolute Gasteiger partial charge is 0.309 e. The zero-order chi connectivity index (χ0) is 13.3. The Hall–Kier alpha value is -1.43. The largest absolute Gasteiger partial charge is 0.481 e. The third-order valence-corrected chi connectivity index (χ3v) is 4.25. The molecule has 3 rings (SSSR count). The molecule has 1 spiro atoms. The van der Waals surface area contributed by atoms with Crippen LogP contribution in [0.25, 0.3) is 0 Å². The van der Waals surface area contributed by atoms with Crippen LogP contribution in [0, 0.1) is 0 Å². The first-order chi connectivity index (χ1) is 9.17. The van der Waals surface area contributed by atoms with Crippen LogP contribution in [0.1, 0.15) is 50.3 Å². The number of rotatable bonds is 3. The van der Waals surface area contributed by atoms with Crippen LogP contribution in [-0.4, -0.2) is 38.3 Å². The van der Waals surface area contributed by atoms with Crippen molar-refractivity contribution in [2.75, 3.05) is 6.61 Å². The second kappa shape index (κ2) is 4.92. The fraction of sp³-hybridized carbons (Fsp3) is 0.769. The van der Waals surface area contributed by atoms with E-state index in [1.54, 1.807) is 6.20 Å². The van der Waals surface area contributed by atoms with Crippen molar-refractivity contribution >= 4 is 5.97 Å². The van der Waals surface area contributed by atoms with Gasteiger partial charge in [0.05, 0.1) is 23.8 Å². The van der Waals surface area contributed by atoms with E-state index in [-0.39, 0.29) is 12.0 Å². The zero-order valence-corrected chi connectivity index (χ0v) is 10.9. The van der Waals surface area contributed by atoms with E-state index in [1.807, 2.05) is 4.68 Å². The van der Waals surface area contributed by atoms with Gasteiger partial charge in [0.15, 0.2) is 0 Å². The molecule has 0 amide bonds. The Labute approximate surface area is 111 Å². The minimum atomic E-state index is -0.869. The van der Waals surface area contributed by atoms with Gasteiger partial charge in [0.1, 0.15) is 0 Å². The van der Waals surface area contributed by atoms with Gasteiger partial charge in [-0.05, 0) is 25.7 Å². The molecule has 6 heteroatoms. The first-order valence-corrected chi connectivity index (χ1v) is 6.93. The molecule has 1 aromatic rings. The molecule has 0 radical (unpaired) electrons. The number of nitrogens with zero attached hydrogens (tertiary/aromatic N) is 3. The van der Waals surface area contributed by atoms with Crippen LogP contribution in [0.2, 0.25) is 0 Å². The van der Waals surface area contributed by atoms with Crippen LogP contribution in [0.4, 0.5) is 0 Å².